The van der Waals surface area contributed by atoms with Crippen molar-refractivity contribution >= 4 is 23.1 Å². The molecule has 0 aliphatic carbocycles. The minimum atomic E-state index is -0.427. The third kappa shape index (κ3) is 3.81. The Morgan fingerprint density at radius 3 is 2.38 bits per heavy atom. The van der Waals surface area contributed by atoms with E-state index in [-0.39, 0.29) is 5.91 Å². The van der Waals surface area contributed by atoms with E-state index in [2.05, 4.69) is 0 Å². The second-order valence-electron chi connectivity index (χ2n) is 5.80. The maximum absolute atomic E-state index is 12.5. The number of benzene rings is 1. The highest BCUT2D eigenvalue weighted by Crippen LogP contribution is 2.26. The van der Waals surface area contributed by atoms with Crippen LogP contribution >= 0.6 is 0 Å². The number of aromatic nitrogens is 1. The molecule has 1 aromatic carbocycles. The second kappa shape index (κ2) is 7.21. The zero-order valence-corrected chi connectivity index (χ0v) is 13.6. The Bertz CT molecular complexity index is 618. The molecule has 0 atom stereocenters. The average Bonchev–Trinajstić information content (AvgIpc) is 2.84. The highest BCUT2D eigenvalue weighted by atomic mass is 16.2. The third-order valence-electron chi connectivity index (χ3n) is 3.19. The summed E-state index contributed by atoms with van der Waals surface area (Å²) in [7, 11) is 0. The Labute approximate surface area is 127 Å². The van der Waals surface area contributed by atoms with E-state index in [1.807, 2.05) is 65.1 Å². The van der Waals surface area contributed by atoms with Crippen LogP contribution < -0.4 is 0 Å². The number of fused-ring (bicyclic) bond motifs is 1. The first kappa shape index (κ1) is 17.2. The van der Waals surface area contributed by atoms with Crippen LogP contribution in [0.1, 0.15) is 51.4 Å². The van der Waals surface area contributed by atoms with Crippen LogP contribution in [0.15, 0.2) is 30.5 Å². The van der Waals surface area contributed by atoms with Crippen molar-refractivity contribution in [3.63, 3.8) is 0 Å². The molecule has 2 aromatic rings. The fourth-order valence-electron chi connectivity index (χ4n) is 2.19. The van der Waals surface area contributed by atoms with Gasteiger partial charge in [-0.25, -0.2) is 0 Å². The first-order chi connectivity index (χ1) is 9.95. The van der Waals surface area contributed by atoms with E-state index in [0.29, 0.717) is 12.8 Å². The van der Waals surface area contributed by atoms with Crippen LogP contribution in [0.2, 0.25) is 0 Å². The monoisotopic (exact) mass is 287 g/mol. The van der Waals surface area contributed by atoms with Crippen LogP contribution in [0.5, 0.6) is 0 Å². The molecule has 1 aromatic heterocycles. The minimum Gasteiger partial charge on any atom is -0.303 e. The lowest BCUT2D eigenvalue weighted by Gasteiger charge is -2.17. The van der Waals surface area contributed by atoms with Crippen molar-refractivity contribution in [2.75, 3.05) is 0 Å². The van der Waals surface area contributed by atoms with Gasteiger partial charge in [0.2, 0.25) is 5.91 Å². The summed E-state index contributed by atoms with van der Waals surface area (Å²) in [4.78, 5) is 23.0. The zero-order valence-electron chi connectivity index (χ0n) is 13.6. The number of aldehydes is 1. The second-order valence-corrected chi connectivity index (χ2v) is 5.80. The lowest BCUT2D eigenvalue weighted by Crippen LogP contribution is -2.26. The standard InChI is InChI=1S/C16H19NO2.C2H6/c1-16(2,3)15(19)17-11-12(7-6-10-18)13-8-4-5-9-14(13)17;1-2/h4-5,8-11H,6-7H2,1-3H3;1-2H3. The van der Waals surface area contributed by atoms with E-state index >= 15 is 0 Å². The van der Waals surface area contributed by atoms with Crippen molar-refractivity contribution in [3.8, 4) is 0 Å². The molecule has 21 heavy (non-hydrogen) atoms. The van der Waals surface area contributed by atoms with Crippen LogP contribution in [0.3, 0.4) is 0 Å². The van der Waals surface area contributed by atoms with Gasteiger partial charge in [-0.1, -0.05) is 52.8 Å². The van der Waals surface area contributed by atoms with Gasteiger partial charge in [0.15, 0.2) is 0 Å². The van der Waals surface area contributed by atoms with E-state index in [1.165, 1.54) is 0 Å². The Balaban J connectivity index is 0.00000106. The summed E-state index contributed by atoms with van der Waals surface area (Å²) in [5.41, 5.74) is 1.55. The van der Waals surface area contributed by atoms with Crippen LogP contribution in [0.4, 0.5) is 0 Å². The van der Waals surface area contributed by atoms with E-state index in [4.69, 9.17) is 0 Å². The fourth-order valence-corrected chi connectivity index (χ4v) is 2.19. The van der Waals surface area contributed by atoms with Crippen molar-refractivity contribution in [2.45, 2.75) is 47.5 Å². The number of carbonyl (C=O) groups is 2. The summed E-state index contributed by atoms with van der Waals surface area (Å²) < 4.78 is 1.72. The van der Waals surface area contributed by atoms with E-state index < -0.39 is 5.41 Å². The van der Waals surface area contributed by atoms with E-state index in [0.717, 1.165) is 22.8 Å². The predicted octanol–water partition coefficient (Wildman–Crippen LogP) is 4.49. The van der Waals surface area contributed by atoms with Gasteiger partial charge in [0.25, 0.3) is 0 Å². The minimum absolute atomic E-state index is 0.0704. The summed E-state index contributed by atoms with van der Waals surface area (Å²) in [6.07, 6.45) is 3.95. The van der Waals surface area contributed by atoms with Gasteiger partial charge in [-0.2, -0.15) is 0 Å². The third-order valence-corrected chi connectivity index (χ3v) is 3.19. The lowest BCUT2D eigenvalue weighted by molar-refractivity contribution is -0.107. The molecule has 0 amide bonds. The molecule has 0 N–H and O–H groups in total. The van der Waals surface area contributed by atoms with Gasteiger partial charge in [0.05, 0.1) is 5.52 Å². The number of nitrogens with zero attached hydrogens (tertiary/aromatic N) is 1. The zero-order chi connectivity index (χ0) is 16.0. The topological polar surface area (TPSA) is 39.1 Å². The fraction of sp³-hybridized carbons (Fsp3) is 0.444. The van der Waals surface area contributed by atoms with Gasteiger partial charge in [0, 0.05) is 23.4 Å². The largest absolute Gasteiger partial charge is 0.303 e. The smallest absolute Gasteiger partial charge is 0.236 e. The van der Waals surface area contributed by atoms with Gasteiger partial charge in [-0.05, 0) is 18.1 Å². The SMILES string of the molecule is CC.CC(C)(C)C(=O)n1cc(CCC=O)c2ccccc21. The first-order valence-electron chi connectivity index (χ1n) is 7.52. The van der Waals surface area contributed by atoms with E-state index in [9.17, 15) is 9.59 Å². The summed E-state index contributed by atoms with van der Waals surface area (Å²) >= 11 is 0. The number of para-hydroxylation sites is 1. The average molecular weight is 287 g/mol. The summed E-state index contributed by atoms with van der Waals surface area (Å²) in [6, 6.07) is 7.84. The number of aryl methyl sites for hydroxylation is 1. The summed E-state index contributed by atoms with van der Waals surface area (Å²) in [5, 5.41) is 1.06. The van der Waals surface area contributed by atoms with E-state index in [1.54, 1.807) is 4.57 Å². The number of rotatable bonds is 3. The van der Waals surface area contributed by atoms with Crippen molar-refractivity contribution in [1.82, 2.24) is 4.57 Å². The molecule has 2 rings (SSSR count). The molecule has 0 fully saturated rings. The molecular weight excluding hydrogens is 262 g/mol. The summed E-state index contributed by atoms with van der Waals surface area (Å²) in [6.45, 7) is 9.74. The predicted molar refractivity (Wildman–Crippen MR) is 87.8 cm³/mol. The number of carbonyl (C=O) groups excluding carboxylic acids is 2. The van der Waals surface area contributed by atoms with Crippen LogP contribution in [-0.2, 0) is 11.2 Å². The van der Waals surface area contributed by atoms with Crippen molar-refractivity contribution in [2.24, 2.45) is 5.41 Å². The molecule has 0 aliphatic heterocycles. The molecule has 1 heterocycles. The van der Waals surface area contributed by atoms with Crippen molar-refractivity contribution in [1.29, 1.82) is 0 Å². The van der Waals surface area contributed by atoms with Gasteiger partial charge in [-0.15, -0.1) is 0 Å². The lowest BCUT2D eigenvalue weighted by atomic mass is 9.95. The molecule has 0 saturated carbocycles. The first-order valence-corrected chi connectivity index (χ1v) is 7.52. The molecule has 114 valence electrons. The van der Waals surface area contributed by atoms with Crippen molar-refractivity contribution in [3.05, 3.63) is 36.0 Å². The Kier molecular flexibility index (Phi) is 5.89. The molecule has 0 saturated heterocycles. The van der Waals surface area contributed by atoms with Gasteiger partial charge in [-0.3, -0.25) is 9.36 Å². The highest BCUT2D eigenvalue weighted by molar-refractivity contribution is 5.96. The maximum Gasteiger partial charge on any atom is 0.236 e. The van der Waals surface area contributed by atoms with Crippen LogP contribution in [-0.4, -0.2) is 16.8 Å². The van der Waals surface area contributed by atoms with Crippen LogP contribution in [0, 0.1) is 5.41 Å². The van der Waals surface area contributed by atoms with Gasteiger partial charge >= 0.3 is 0 Å². The molecule has 0 aliphatic rings. The molecule has 0 radical (unpaired) electrons. The maximum atomic E-state index is 12.5. The molecule has 0 unspecified atom stereocenters. The number of hydrogen-bond donors (Lipinski definition) is 0. The molecule has 3 heteroatoms. The van der Waals surface area contributed by atoms with Crippen LogP contribution in [0.25, 0.3) is 10.9 Å². The molecule has 0 bridgehead atoms. The quantitative estimate of drug-likeness (QED) is 0.780. The molecule has 0 spiro atoms. The molecule has 3 nitrogen and oxygen atoms in total. The van der Waals surface area contributed by atoms with Crippen molar-refractivity contribution < 1.29 is 9.59 Å². The Morgan fingerprint density at radius 1 is 1.19 bits per heavy atom. The Morgan fingerprint density at radius 2 is 1.81 bits per heavy atom. The highest BCUT2D eigenvalue weighted by Gasteiger charge is 2.25. The summed E-state index contributed by atoms with van der Waals surface area (Å²) in [5.74, 6) is 0.0704. The molecular formula is C18H25NO2. The Hall–Kier alpha value is -1.90. The van der Waals surface area contributed by atoms with Gasteiger partial charge in [0.1, 0.15) is 6.29 Å². The normalized spacial score (nSPS) is 10.9. The van der Waals surface area contributed by atoms with Gasteiger partial charge < -0.3 is 4.79 Å². The number of hydrogen-bond acceptors (Lipinski definition) is 2.